The summed E-state index contributed by atoms with van der Waals surface area (Å²) in [5.41, 5.74) is 0.474. The molecule has 0 aliphatic carbocycles. The number of esters is 1. The number of benzene rings is 1. The average Bonchev–Trinajstić information content (AvgIpc) is 2.53. The first-order valence-electron chi connectivity index (χ1n) is 7.56. The van der Waals surface area contributed by atoms with E-state index >= 15 is 0 Å². The zero-order valence-electron chi connectivity index (χ0n) is 14.8. The number of hydrogen-bond donors (Lipinski definition) is 1. The Labute approximate surface area is 133 Å². The highest BCUT2D eigenvalue weighted by atomic mass is 19.1. The Balaban J connectivity index is 0. The van der Waals surface area contributed by atoms with Crippen LogP contribution in [-0.2, 0) is 9.53 Å². The molecule has 0 bridgehead atoms. The Morgan fingerprint density at radius 1 is 1.14 bits per heavy atom. The van der Waals surface area contributed by atoms with Crippen LogP contribution in [0.5, 0.6) is 0 Å². The summed E-state index contributed by atoms with van der Waals surface area (Å²) in [7, 11) is 1.18. The van der Waals surface area contributed by atoms with E-state index in [0.717, 1.165) is 0 Å². The van der Waals surface area contributed by atoms with Gasteiger partial charge in [-0.3, -0.25) is 4.79 Å². The van der Waals surface area contributed by atoms with Gasteiger partial charge in [0.15, 0.2) is 0 Å². The fourth-order valence-electron chi connectivity index (χ4n) is 1.39. The molecule has 0 aliphatic heterocycles. The number of ether oxygens (including phenoxy) is 1. The molecule has 22 heavy (non-hydrogen) atoms. The van der Waals surface area contributed by atoms with Gasteiger partial charge in [0.2, 0.25) is 5.91 Å². The third-order valence-electron chi connectivity index (χ3n) is 2.45. The van der Waals surface area contributed by atoms with Crippen molar-refractivity contribution in [3.05, 3.63) is 29.1 Å². The van der Waals surface area contributed by atoms with E-state index in [0.29, 0.717) is 5.69 Å². The maximum Gasteiger partial charge on any atom is 0.340 e. The largest absolute Gasteiger partial charge is 0.465 e. The number of aryl methyl sites for hydroxylation is 1. The SMILES string of the molecule is CC.CC.COC(=O)c1cc(NC(=O)C(C)C)cc(C)c1F. The Hall–Kier alpha value is -1.91. The van der Waals surface area contributed by atoms with Crippen LogP contribution < -0.4 is 5.32 Å². The standard InChI is InChI=1S/C13H16FNO3.2C2H6/c1-7(2)12(16)15-9-5-8(3)11(14)10(6-9)13(17)18-4;2*1-2/h5-7H,1-4H3,(H,15,16);2*1-2H3. The molecular formula is C17H28FNO3. The van der Waals surface area contributed by atoms with Crippen LogP contribution in [0.15, 0.2) is 12.1 Å². The van der Waals surface area contributed by atoms with E-state index in [-0.39, 0.29) is 23.0 Å². The molecule has 0 aromatic heterocycles. The first-order valence-corrected chi connectivity index (χ1v) is 7.56. The Morgan fingerprint density at radius 3 is 2.05 bits per heavy atom. The van der Waals surface area contributed by atoms with E-state index in [1.165, 1.54) is 26.2 Å². The van der Waals surface area contributed by atoms with Gasteiger partial charge in [0.25, 0.3) is 0 Å². The first kappa shape index (κ1) is 22.4. The van der Waals surface area contributed by atoms with Gasteiger partial charge >= 0.3 is 5.97 Å². The predicted octanol–water partition coefficient (Wildman–Crippen LogP) is 4.57. The second-order valence-corrected chi connectivity index (χ2v) is 4.29. The van der Waals surface area contributed by atoms with Crippen LogP contribution in [0, 0.1) is 18.7 Å². The zero-order chi connectivity index (χ0) is 17.9. The number of hydrogen-bond acceptors (Lipinski definition) is 3. The quantitative estimate of drug-likeness (QED) is 0.832. The summed E-state index contributed by atoms with van der Waals surface area (Å²) in [6, 6.07) is 2.75. The molecule has 0 atom stereocenters. The van der Waals surface area contributed by atoms with Gasteiger partial charge in [-0.2, -0.15) is 0 Å². The fraction of sp³-hybridized carbons (Fsp3) is 0.529. The second kappa shape index (κ2) is 11.7. The van der Waals surface area contributed by atoms with Gasteiger partial charge in [0.1, 0.15) is 5.82 Å². The number of rotatable bonds is 3. The zero-order valence-corrected chi connectivity index (χ0v) is 14.8. The summed E-state index contributed by atoms with van der Waals surface area (Å²) in [5.74, 6) is -1.80. The van der Waals surface area contributed by atoms with Crippen molar-refractivity contribution in [2.45, 2.75) is 48.5 Å². The Kier molecular flexibility index (Phi) is 11.9. The highest BCUT2D eigenvalue weighted by molar-refractivity contribution is 5.95. The topological polar surface area (TPSA) is 55.4 Å². The van der Waals surface area contributed by atoms with Crippen LogP contribution in [0.2, 0.25) is 0 Å². The van der Waals surface area contributed by atoms with Crippen LogP contribution >= 0.6 is 0 Å². The van der Waals surface area contributed by atoms with Crippen molar-refractivity contribution in [2.24, 2.45) is 5.92 Å². The van der Waals surface area contributed by atoms with Crippen LogP contribution in [0.4, 0.5) is 10.1 Å². The van der Waals surface area contributed by atoms with Crippen molar-refractivity contribution in [3.8, 4) is 0 Å². The minimum absolute atomic E-state index is 0.184. The summed E-state index contributed by atoms with van der Waals surface area (Å²) in [6.45, 7) is 13.0. The average molecular weight is 313 g/mol. The maximum absolute atomic E-state index is 13.7. The normalized spacial score (nSPS) is 9.00. The van der Waals surface area contributed by atoms with Crippen molar-refractivity contribution in [1.29, 1.82) is 0 Å². The summed E-state index contributed by atoms with van der Waals surface area (Å²) in [6.07, 6.45) is 0. The number of methoxy groups -OCH3 is 1. The molecule has 126 valence electrons. The molecule has 0 fully saturated rings. The third kappa shape index (κ3) is 6.70. The molecule has 1 amide bonds. The van der Waals surface area contributed by atoms with Crippen molar-refractivity contribution in [2.75, 3.05) is 12.4 Å². The summed E-state index contributed by atoms with van der Waals surface area (Å²) in [5, 5.41) is 2.62. The number of anilines is 1. The third-order valence-corrected chi connectivity index (χ3v) is 2.45. The molecule has 0 saturated heterocycles. The predicted molar refractivity (Wildman–Crippen MR) is 88.6 cm³/mol. The Morgan fingerprint density at radius 2 is 1.64 bits per heavy atom. The van der Waals surface area contributed by atoms with Crippen molar-refractivity contribution >= 4 is 17.6 Å². The number of carbonyl (C=O) groups is 2. The van der Waals surface area contributed by atoms with Gasteiger partial charge in [-0.15, -0.1) is 0 Å². The molecular weight excluding hydrogens is 285 g/mol. The molecule has 1 N–H and O–H groups in total. The summed E-state index contributed by atoms with van der Waals surface area (Å²) >= 11 is 0. The van der Waals surface area contributed by atoms with Crippen LogP contribution in [0.25, 0.3) is 0 Å². The van der Waals surface area contributed by atoms with Gasteiger partial charge in [-0.25, -0.2) is 9.18 Å². The molecule has 1 rings (SSSR count). The highest BCUT2D eigenvalue weighted by Gasteiger charge is 2.17. The lowest BCUT2D eigenvalue weighted by molar-refractivity contribution is -0.118. The van der Waals surface area contributed by atoms with Gasteiger partial charge < -0.3 is 10.1 Å². The van der Waals surface area contributed by atoms with Crippen LogP contribution in [-0.4, -0.2) is 19.0 Å². The number of amides is 1. The van der Waals surface area contributed by atoms with Gasteiger partial charge in [0, 0.05) is 11.6 Å². The van der Waals surface area contributed by atoms with Crippen LogP contribution in [0.3, 0.4) is 0 Å². The number of halogens is 1. The van der Waals surface area contributed by atoms with E-state index in [1.807, 2.05) is 27.7 Å². The fourth-order valence-corrected chi connectivity index (χ4v) is 1.39. The Bertz CT molecular complexity index is 485. The smallest absolute Gasteiger partial charge is 0.340 e. The molecule has 0 spiro atoms. The summed E-state index contributed by atoms with van der Waals surface area (Å²) < 4.78 is 18.2. The van der Waals surface area contributed by atoms with E-state index < -0.39 is 11.8 Å². The van der Waals surface area contributed by atoms with E-state index in [1.54, 1.807) is 13.8 Å². The van der Waals surface area contributed by atoms with Crippen LogP contribution in [0.1, 0.15) is 57.5 Å². The van der Waals surface area contributed by atoms with Crippen molar-refractivity contribution in [1.82, 2.24) is 0 Å². The first-order chi connectivity index (χ1) is 10.4. The van der Waals surface area contributed by atoms with Gasteiger partial charge in [-0.05, 0) is 24.6 Å². The minimum atomic E-state index is -0.767. The van der Waals surface area contributed by atoms with E-state index in [4.69, 9.17) is 0 Å². The lowest BCUT2D eigenvalue weighted by Crippen LogP contribution is -2.18. The number of nitrogens with one attached hydrogen (secondary N) is 1. The molecule has 0 heterocycles. The summed E-state index contributed by atoms with van der Waals surface area (Å²) in [4.78, 5) is 22.9. The second-order valence-electron chi connectivity index (χ2n) is 4.29. The molecule has 0 unspecified atom stereocenters. The van der Waals surface area contributed by atoms with Crippen molar-refractivity contribution < 1.29 is 18.7 Å². The monoisotopic (exact) mass is 313 g/mol. The molecule has 4 nitrogen and oxygen atoms in total. The van der Waals surface area contributed by atoms with Crippen molar-refractivity contribution in [3.63, 3.8) is 0 Å². The number of carbonyl (C=O) groups excluding carboxylic acids is 2. The molecule has 5 heteroatoms. The molecule has 1 aromatic carbocycles. The molecule has 0 aliphatic rings. The van der Waals surface area contributed by atoms with Gasteiger partial charge in [-0.1, -0.05) is 41.5 Å². The van der Waals surface area contributed by atoms with E-state index in [9.17, 15) is 14.0 Å². The van der Waals surface area contributed by atoms with E-state index in [2.05, 4.69) is 10.1 Å². The minimum Gasteiger partial charge on any atom is -0.465 e. The highest BCUT2D eigenvalue weighted by Crippen LogP contribution is 2.20. The van der Waals surface area contributed by atoms with Gasteiger partial charge in [0.05, 0.1) is 12.7 Å². The lowest BCUT2D eigenvalue weighted by Gasteiger charge is -2.11. The molecule has 1 aromatic rings. The lowest BCUT2D eigenvalue weighted by atomic mass is 10.1. The maximum atomic E-state index is 13.7. The molecule has 0 radical (unpaired) electrons. The molecule has 0 saturated carbocycles.